The summed E-state index contributed by atoms with van der Waals surface area (Å²) in [6.45, 7) is 1.86. The Balaban J connectivity index is 1.85. The van der Waals surface area contributed by atoms with Gasteiger partial charge in [0.25, 0.3) is 10.0 Å². The van der Waals surface area contributed by atoms with Crippen LogP contribution in [0.2, 0.25) is 5.02 Å². The molecule has 0 radical (unpaired) electrons. The van der Waals surface area contributed by atoms with Crippen LogP contribution in [0.4, 0.5) is 5.69 Å². The molecule has 0 amide bonds. The molecule has 8 heteroatoms. The second kappa shape index (κ2) is 6.02. The summed E-state index contributed by atoms with van der Waals surface area (Å²) >= 11 is 5.83. The van der Waals surface area contributed by atoms with E-state index in [0.29, 0.717) is 16.5 Å². The summed E-state index contributed by atoms with van der Waals surface area (Å²) in [5.74, 6) is 1.45. The molecule has 118 valence electrons. The van der Waals surface area contributed by atoms with Crippen LogP contribution >= 0.6 is 11.6 Å². The topological polar surface area (TPSA) is 76.9 Å². The minimum Gasteiger partial charge on any atom is -0.288 e. The molecule has 0 fully saturated rings. The van der Waals surface area contributed by atoms with Gasteiger partial charge in [-0.3, -0.25) is 9.29 Å². The molecule has 0 saturated carbocycles. The summed E-state index contributed by atoms with van der Waals surface area (Å²) in [5.41, 5.74) is 0.367. The van der Waals surface area contributed by atoms with Crippen molar-refractivity contribution in [1.29, 1.82) is 0 Å². The zero-order chi connectivity index (χ0) is 16.4. The lowest BCUT2D eigenvalue weighted by atomic mass is 10.4. The molecular formula is C15H13ClN4O2S. The number of benzene rings is 1. The first-order valence-electron chi connectivity index (χ1n) is 6.70. The third-order valence-corrected chi connectivity index (χ3v) is 4.79. The Hall–Kier alpha value is -2.38. The molecule has 6 nitrogen and oxygen atoms in total. The first kappa shape index (κ1) is 15.5. The summed E-state index contributed by atoms with van der Waals surface area (Å²) in [7, 11) is -3.70. The van der Waals surface area contributed by atoms with Gasteiger partial charge in [0.1, 0.15) is 11.6 Å². The fraction of sp³-hybridized carbons (Fsp3) is 0.0667. The summed E-state index contributed by atoms with van der Waals surface area (Å²) < 4.78 is 28.9. The highest BCUT2D eigenvalue weighted by atomic mass is 35.5. The Morgan fingerprint density at radius 2 is 2.00 bits per heavy atom. The molecule has 0 aliphatic rings. The molecule has 0 bridgehead atoms. The third-order valence-electron chi connectivity index (χ3n) is 3.18. The zero-order valence-electron chi connectivity index (χ0n) is 12.1. The predicted octanol–water partition coefficient (Wildman–Crippen LogP) is 3.03. The zero-order valence-corrected chi connectivity index (χ0v) is 13.7. The fourth-order valence-electron chi connectivity index (χ4n) is 2.06. The van der Waals surface area contributed by atoms with Crippen molar-refractivity contribution in [1.82, 2.24) is 14.5 Å². The van der Waals surface area contributed by atoms with Gasteiger partial charge in [-0.1, -0.05) is 17.7 Å². The van der Waals surface area contributed by atoms with Crippen molar-refractivity contribution in [3.8, 4) is 5.82 Å². The molecule has 0 atom stereocenters. The molecule has 1 aromatic carbocycles. The number of nitrogens with one attached hydrogen (secondary N) is 1. The minimum atomic E-state index is -3.70. The minimum absolute atomic E-state index is 0.0968. The highest BCUT2D eigenvalue weighted by Crippen LogP contribution is 2.19. The Labute approximate surface area is 138 Å². The van der Waals surface area contributed by atoms with Crippen molar-refractivity contribution in [3.05, 3.63) is 65.8 Å². The van der Waals surface area contributed by atoms with Gasteiger partial charge >= 0.3 is 0 Å². The van der Waals surface area contributed by atoms with Crippen LogP contribution in [0, 0.1) is 6.92 Å². The van der Waals surface area contributed by atoms with Gasteiger partial charge < -0.3 is 0 Å². The Bertz CT molecular complexity index is 936. The van der Waals surface area contributed by atoms with E-state index in [9.17, 15) is 8.42 Å². The largest absolute Gasteiger partial charge is 0.288 e. The molecule has 0 saturated heterocycles. The van der Waals surface area contributed by atoms with E-state index in [1.807, 2.05) is 6.92 Å². The maximum absolute atomic E-state index is 12.3. The standard InChI is InChI=1S/C15H13ClN4O2S/c1-11-17-7-8-20(11)15-6-5-13(10-18-15)19-23(21,22)14-4-2-3-12(16)9-14/h2-10,19H,1H3. The SMILES string of the molecule is Cc1nccn1-c1ccc(NS(=O)(=O)c2cccc(Cl)c2)cn1. The van der Waals surface area contributed by atoms with Crippen LogP contribution in [0.3, 0.4) is 0 Å². The van der Waals surface area contributed by atoms with Gasteiger partial charge in [-0.15, -0.1) is 0 Å². The highest BCUT2D eigenvalue weighted by Gasteiger charge is 2.14. The number of imidazole rings is 1. The Morgan fingerprint density at radius 3 is 2.61 bits per heavy atom. The van der Waals surface area contributed by atoms with Crippen molar-refractivity contribution in [2.45, 2.75) is 11.8 Å². The number of aromatic nitrogens is 3. The highest BCUT2D eigenvalue weighted by molar-refractivity contribution is 7.92. The molecule has 0 aliphatic carbocycles. The molecule has 0 aliphatic heterocycles. The Morgan fingerprint density at radius 1 is 1.17 bits per heavy atom. The average Bonchev–Trinajstić information content (AvgIpc) is 2.94. The maximum atomic E-state index is 12.3. The van der Waals surface area contributed by atoms with Gasteiger partial charge in [0.05, 0.1) is 16.8 Å². The van der Waals surface area contributed by atoms with Crippen molar-refractivity contribution < 1.29 is 8.42 Å². The lowest BCUT2D eigenvalue weighted by Crippen LogP contribution is -2.13. The van der Waals surface area contributed by atoms with Gasteiger partial charge in [-0.25, -0.2) is 18.4 Å². The van der Waals surface area contributed by atoms with Crippen LogP contribution in [0.5, 0.6) is 0 Å². The number of hydrogen-bond donors (Lipinski definition) is 1. The molecule has 0 spiro atoms. The van der Waals surface area contributed by atoms with E-state index in [0.717, 1.165) is 5.82 Å². The number of halogens is 1. The summed E-state index contributed by atoms with van der Waals surface area (Å²) in [4.78, 5) is 8.47. The molecule has 1 N–H and O–H groups in total. The molecule has 23 heavy (non-hydrogen) atoms. The molecule has 3 rings (SSSR count). The summed E-state index contributed by atoms with van der Waals surface area (Å²) in [6, 6.07) is 9.42. The number of rotatable bonds is 4. The van der Waals surface area contributed by atoms with E-state index in [1.54, 1.807) is 41.2 Å². The number of sulfonamides is 1. The van der Waals surface area contributed by atoms with Crippen LogP contribution in [0.25, 0.3) is 5.82 Å². The van der Waals surface area contributed by atoms with Crippen molar-refractivity contribution in [2.75, 3.05) is 4.72 Å². The second-order valence-electron chi connectivity index (χ2n) is 4.81. The lowest BCUT2D eigenvalue weighted by Gasteiger charge is -2.09. The van der Waals surface area contributed by atoms with Crippen molar-refractivity contribution >= 4 is 27.3 Å². The van der Waals surface area contributed by atoms with Crippen LogP contribution in [-0.2, 0) is 10.0 Å². The lowest BCUT2D eigenvalue weighted by molar-refractivity contribution is 0.601. The first-order chi connectivity index (χ1) is 11.0. The number of hydrogen-bond acceptors (Lipinski definition) is 4. The fourth-order valence-corrected chi connectivity index (χ4v) is 3.40. The number of nitrogens with zero attached hydrogens (tertiary/aromatic N) is 3. The Kier molecular flexibility index (Phi) is 4.06. The molecule has 2 aromatic heterocycles. The van der Waals surface area contributed by atoms with Gasteiger partial charge in [-0.2, -0.15) is 0 Å². The van der Waals surface area contributed by atoms with Crippen molar-refractivity contribution in [3.63, 3.8) is 0 Å². The molecule has 3 aromatic rings. The molecule has 0 unspecified atom stereocenters. The summed E-state index contributed by atoms with van der Waals surface area (Å²) in [6.07, 6.45) is 4.91. The van der Waals surface area contributed by atoms with Crippen LogP contribution < -0.4 is 4.72 Å². The second-order valence-corrected chi connectivity index (χ2v) is 6.93. The number of pyridine rings is 1. The van der Waals surface area contributed by atoms with Gasteiger partial charge in [0.15, 0.2) is 0 Å². The number of anilines is 1. The van der Waals surface area contributed by atoms with Crippen LogP contribution in [-0.4, -0.2) is 23.0 Å². The van der Waals surface area contributed by atoms with Gasteiger partial charge in [0, 0.05) is 17.4 Å². The molecular weight excluding hydrogens is 336 g/mol. The smallest absolute Gasteiger partial charge is 0.261 e. The van der Waals surface area contributed by atoms with E-state index in [-0.39, 0.29) is 4.90 Å². The third kappa shape index (κ3) is 3.35. The number of aryl methyl sites for hydroxylation is 1. The van der Waals surface area contributed by atoms with Crippen LogP contribution in [0.15, 0.2) is 59.9 Å². The molecule has 2 heterocycles. The normalized spacial score (nSPS) is 11.4. The first-order valence-corrected chi connectivity index (χ1v) is 8.56. The van der Waals surface area contributed by atoms with E-state index < -0.39 is 10.0 Å². The maximum Gasteiger partial charge on any atom is 0.261 e. The van der Waals surface area contributed by atoms with Gasteiger partial charge in [-0.05, 0) is 37.3 Å². The van der Waals surface area contributed by atoms with E-state index in [4.69, 9.17) is 11.6 Å². The van der Waals surface area contributed by atoms with Crippen molar-refractivity contribution in [2.24, 2.45) is 0 Å². The van der Waals surface area contributed by atoms with E-state index in [2.05, 4.69) is 14.7 Å². The average molecular weight is 349 g/mol. The quantitative estimate of drug-likeness (QED) is 0.786. The van der Waals surface area contributed by atoms with E-state index >= 15 is 0 Å². The summed E-state index contributed by atoms with van der Waals surface area (Å²) in [5, 5.41) is 0.358. The predicted molar refractivity (Wildman–Crippen MR) is 88.4 cm³/mol. The van der Waals surface area contributed by atoms with Crippen LogP contribution in [0.1, 0.15) is 5.82 Å². The monoisotopic (exact) mass is 348 g/mol. The van der Waals surface area contributed by atoms with Gasteiger partial charge in [0.2, 0.25) is 0 Å². The van der Waals surface area contributed by atoms with E-state index in [1.165, 1.54) is 18.3 Å².